The standard InChI is InChI=1S/C15H25NO2/c17-14(18)12-6-5-7-13(12)16-10-15(11-16)8-3-1-2-4-9-15/h12-13H,1-11H2,(H,17,18). The number of nitrogens with zero attached hydrogens (tertiary/aromatic N) is 1. The molecule has 1 spiro atoms. The topological polar surface area (TPSA) is 40.5 Å². The van der Waals surface area contributed by atoms with Crippen LogP contribution < -0.4 is 0 Å². The minimum atomic E-state index is -0.570. The molecule has 0 aromatic carbocycles. The first-order valence-electron chi connectivity index (χ1n) is 7.67. The van der Waals surface area contributed by atoms with Gasteiger partial charge in [0.15, 0.2) is 0 Å². The van der Waals surface area contributed by atoms with E-state index in [-0.39, 0.29) is 5.92 Å². The average Bonchev–Trinajstić information content (AvgIpc) is 2.64. The van der Waals surface area contributed by atoms with Crippen LogP contribution >= 0.6 is 0 Å². The van der Waals surface area contributed by atoms with Gasteiger partial charge in [-0.1, -0.05) is 32.1 Å². The summed E-state index contributed by atoms with van der Waals surface area (Å²) in [5.74, 6) is -0.660. The maximum Gasteiger partial charge on any atom is 0.308 e. The summed E-state index contributed by atoms with van der Waals surface area (Å²) in [4.78, 5) is 13.7. The average molecular weight is 251 g/mol. The molecule has 0 bridgehead atoms. The van der Waals surface area contributed by atoms with Gasteiger partial charge in [-0.05, 0) is 31.1 Å². The SMILES string of the molecule is O=C(O)C1CCCC1N1CC2(CCCCCC2)C1. The fourth-order valence-corrected chi connectivity index (χ4v) is 4.51. The van der Waals surface area contributed by atoms with E-state index in [4.69, 9.17) is 0 Å². The Morgan fingerprint density at radius 2 is 1.67 bits per heavy atom. The van der Waals surface area contributed by atoms with E-state index in [1.807, 2.05) is 0 Å². The van der Waals surface area contributed by atoms with Crippen LogP contribution in [0.3, 0.4) is 0 Å². The van der Waals surface area contributed by atoms with E-state index in [0.717, 1.165) is 19.3 Å². The second-order valence-electron chi connectivity index (χ2n) is 6.76. The molecular formula is C15H25NO2. The first-order valence-corrected chi connectivity index (χ1v) is 7.67. The Kier molecular flexibility index (Phi) is 3.35. The summed E-state index contributed by atoms with van der Waals surface area (Å²) in [6.45, 7) is 2.36. The van der Waals surface area contributed by atoms with E-state index < -0.39 is 5.97 Å². The Morgan fingerprint density at radius 3 is 2.28 bits per heavy atom. The Labute approximate surface area is 110 Å². The van der Waals surface area contributed by atoms with E-state index in [1.54, 1.807) is 0 Å². The molecule has 3 nitrogen and oxygen atoms in total. The molecule has 2 unspecified atom stereocenters. The number of carboxylic acids is 1. The van der Waals surface area contributed by atoms with Gasteiger partial charge < -0.3 is 5.11 Å². The van der Waals surface area contributed by atoms with Crippen LogP contribution in [0.4, 0.5) is 0 Å². The smallest absolute Gasteiger partial charge is 0.308 e. The zero-order chi connectivity index (χ0) is 12.6. The van der Waals surface area contributed by atoms with Gasteiger partial charge in [0.2, 0.25) is 0 Å². The second kappa shape index (κ2) is 4.84. The van der Waals surface area contributed by atoms with Crippen molar-refractivity contribution in [1.29, 1.82) is 0 Å². The van der Waals surface area contributed by atoms with Crippen molar-refractivity contribution >= 4 is 5.97 Å². The van der Waals surface area contributed by atoms with Gasteiger partial charge in [-0.3, -0.25) is 9.69 Å². The van der Waals surface area contributed by atoms with Crippen molar-refractivity contribution in [2.75, 3.05) is 13.1 Å². The lowest BCUT2D eigenvalue weighted by atomic mass is 9.72. The number of rotatable bonds is 2. The molecule has 2 saturated carbocycles. The van der Waals surface area contributed by atoms with Crippen molar-refractivity contribution in [3.05, 3.63) is 0 Å². The van der Waals surface area contributed by atoms with E-state index in [2.05, 4.69) is 4.90 Å². The lowest BCUT2D eigenvalue weighted by Gasteiger charge is -2.53. The molecule has 1 heterocycles. The number of hydrogen-bond acceptors (Lipinski definition) is 2. The second-order valence-corrected chi connectivity index (χ2v) is 6.76. The van der Waals surface area contributed by atoms with Crippen LogP contribution in [0.5, 0.6) is 0 Å². The third-order valence-corrected chi connectivity index (χ3v) is 5.51. The van der Waals surface area contributed by atoms with Gasteiger partial charge in [-0.15, -0.1) is 0 Å². The molecule has 102 valence electrons. The Balaban J connectivity index is 1.59. The molecule has 2 aliphatic carbocycles. The molecule has 0 aromatic rings. The highest BCUT2D eigenvalue weighted by atomic mass is 16.4. The first kappa shape index (κ1) is 12.5. The van der Waals surface area contributed by atoms with Crippen LogP contribution in [0.1, 0.15) is 57.8 Å². The quantitative estimate of drug-likeness (QED) is 0.820. The molecule has 0 aromatic heterocycles. The lowest BCUT2D eigenvalue weighted by molar-refractivity contribution is -0.146. The molecule has 1 N–H and O–H groups in total. The van der Waals surface area contributed by atoms with Gasteiger partial charge in [-0.25, -0.2) is 0 Å². The van der Waals surface area contributed by atoms with Crippen molar-refractivity contribution in [3.8, 4) is 0 Å². The lowest BCUT2D eigenvalue weighted by Crippen LogP contribution is -2.60. The summed E-state index contributed by atoms with van der Waals surface area (Å²) in [7, 11) is 0. The van der Waals surface area contributed by atoms with E-state index in [0.29, 0.717) is 11.5 Å². The third-order valence-electron chi connectivity index (χ3n) is 5.51. The number of carbonyl (C=O) groups is 1. The van der Waals surface area contributed by atoms with E-state index in [9.17, 15) is 9.90 Å². The van der Waals surface area contributed by atoms with Gasteiger partial charge in [-0.2, -0.15) is 0 Å². The van der Waals surface area contributed by atoms with Crippen molar-refractivity contribution < 1.29 is 9.90 Å². The fraction of sp³-hybridized carbons (Fsp3) is 0.933. The number of hydrogen-bond donors (Lipinski definition) is 1. The van der Waals surface area contributed by atoms with Crippen LogP contribution in [0.15, 0.2) is 0 Å². The molecule has 3 fully saturated rings. The summed E-state index contributed by atoms with van der Waals surface area (Å²) in [6, 6.07) is 0.344. The van der Waals surface area contributed by atoms with Gasteiger partial charge in [0.1, 0.15) is 0 Å². The largest absolute Gasteiger partial charge is 0.481 e. The summed E-state index contributed by atoms with van der Waals surface area (Å²) >= 11 is 0. The minimum absolute atomic E-state index is 0.0897. The van der Waals surface area contributed by atoms with E-state index in [1.165, 1.54) is 51.6 Å². The predicted octanol–water partition coefficient (Wildman–Crippen LogP) is 2.90. The normalized spacial score (nSPS) is 36.2. The van der Waals surface area contributed by atoms with Crippen LogP contribution in [0, 0.1) is 11.3 Å². The fourth-order valence-electron chi connectivity index (χ4n) is 4.51. The van der Waals surface area contributed by atoms with Crippen molar-refractivity contribution in [3.63, 3.8) is 0 Å². The van der Waals surface area contributed by atoms with Gasteiger partial charge in [0.05, 0.1) is 5.92 Å². The van der Waals surface area contributed by atoms with Crippen molar-refractivity contribution in [2.45, 2.75) is 63.8 Å². The molecule has 2 atom stereocenters. The van der Waals surface area contributed by atoms with Crippen LogP contribution in [-0.4, -0.2) is 35.1 Å². The molecule has 0 radical (unpaired) electrons. The zero-order valence-electron chi connectivity index (χ0n) is 11.2. The highest BCUT2D eigenvalue weighted by Crippen LogP contribution is 2.46. The third kappa shape index (κ3) is 2.18. The summed E-state index contributed by atoms with van der Waals surface area (Å²) < 4.78 is 0. The maximum atomic E-state index is 11.3. The van der Waals surface area contributed by atoms with Gasteiger partial charge in [0, 0.05) is 19.1 Å². The predicted molar refractivity (Wildman–Crippen MR) is 70.5 cm³/mol. The summed E-state index contributed by atoms with van der Waals surface area (Å²) in [5, 5.41) is 9.27. The minimum Gasteiger partial charge on any atom is -0.481 e. The van der Waals surface area contributed by atoms with Crippen LogP contribution in [0.25, 0.3) is 0 Å². The van der Waals surface area contributed by atoms with Crippen LogP contribution in [-0.2, 0) is 4.79 Å². The molecule has 1 saturated heterocycles. The number of aliphatic carboxylic acids is 1. The molecule has 0 amide bonds. The van der Waals surface area contributed by atoms with Crippen molar-refractivity contribution in [1.82, 2.24) is 4.90 Å². The molecule has 1 aliphatic heterocycles. The Morgan fingerprint density at radius 1 is 1.00 bits per heavy atom. The summed E-state index contributed by atoms with van der Waals surface area (Å²) in [5.41, 5.74) is 0.572. The Bertz CT molecular complexity index is 312. The monoisotopic (exact) mass is 251 g/mol. The van der Waals surface area contributed by atoms with Crippen LogP contribution in [0.2, 0.25) is 0 Å². The maximum absolute atomic E-state index is 11.3. The highest BCUT2D eigenvalue weighted by molar-refractivity contribution is 5.71. The molecule has 3 rings (SSSR count). The molecule has 3 aliphatic rings. The highest BCUT2D eigenvalue weighted by Gasteiger charge is 2.48. The molecular weight excluding hydrogens is 226 g/mol. The van der Waals surface area contributed by atoms with Crippen molar-refractivity contribution in [2.24, 2.45) is 11.3 Å². The van der Waals surface area contributed by atoms with Gasteiger partial charge >= 0.3 is 5.97 Å². The number of likely N-dealkylation sites (tertiary alicyclic amines) is 1. The van der Waals surface area contributed by atoms with E-state index >= 15 is 0 Å². The number of carboxylic acid groups (broad SMARTS) is 1. The molecule has 3 heteroatoms. The molecule has 18 heavy (non-hydrogen) atoms. The first-order chi connectivity index (χ1) is 8.70. The zero-order valence-corrected chi connectivity index (χ0v) is 11.2. The van der Waals surface area contributed by atoms with Gasteiger partial charge in [0.25, 0.3) is 0 Å². The Hall–Kier alpha value is -0.570. The summed E-state index contributed by atoms with van der Waals surface area (Å²) in [6.07, 6.45) is 11.5.